The minimum absolute atomic E-state index is 0.308. The lowest BCUT2D eigenvalue weighted by Crippen LogP contribution is -2.32. The molecule has 4 heteroatoms. The zero-order valence-electron chi connectivity index (χ0n) is 11.9. The summed E-state index contributed by atoms with van der Waals surface area (Å²) in [6, 6.07) is 19.9. The van der Waals surface area contributed by atoms with E-state index in [1.165, 1.54) is 4.90 Å². The van der Waals surface area contributed by atoms with Crippen LogP contribution in [0.15, 0.2) is 65.6 Å². The molecule has 0 saturated carbocycles. The quantitative estimate of drug-likeness (QED) is 0.552. The highest BCUT2D eigenvalue weighted by atomic mass is 32.2. The smallest absolute Gasteiger partial charge is 0.119 e. The first kappa shape index (κ1) is 15.9. The molecule has 0 radical (unpaired) electrons. The summed E-state index contributed by atoms with van der Waals surface area (Å²) in [6.45, 7) is 1.72. The molecule has 0 heterocycles. The second-order valence-corrected chi connectivity index (χ2v) is 5.81. The largest absolute Gasteiger partial charge is 0.491 e. The zero-order valence-corrected chi connectivity index (χ0v) is 12.8. The van der Waals surface area contributed by atoms with Crippen LogP contribution in [0.5, 0.6) is 5.75 Å². The van der Waals surface area contributed by atoms with Gasteiger partial charge in [0, 0.05) is 23.7 Å². The van der Waals surface area contributed by atoms with Crippen LogP contribution in [0.2, 0.25) is 0 Å². The number of benzene rings is 2. The fourth-order valence-corrected chi connectivity index (χ4v) is 2.63. The van der Waals surface area contributed by atoms with Crippen molar-refractivity contribution in [1.29, 1.82) is 0 Å². The van der Waals surface area contributed by atoms with Crippen LogP contribution in [0.3, 0.4) is 0 Å². The number of ether oxygens (including phenoxy) is 1. The highest BCUT2D eigenvalue weighted by Gasteiger charge is 2.04. The molecule has 2 rings (SSSR count). The maximum atomic E-state index is 9.83. The van der Waals surface area contributed by atoms with E-state index in [-0.39, 0.29) is 0 Å². The van der Waals surface area contributed by atoms with Crippen molar-refractivity contribution in [2.24, 2.45) is 0 Å². The van der Waals surface area contributed by atoms with Crippen molar-refractivity contribution in [3.8, 4) is 5.75 Å². The van der Waals surface area contributed by atoms with E-state index in [1.807, 2.05) is 48.5 Å². The maximum Gasteiger partial charge on any atom is 0.119 e. The third kappa shape index (κ3) is 6.67. The van der Waals surface area contributed by atoms with Gasteiger partial charge in [-0.05, 0) is 24.3 Å². The molecule has 0 aliphatic rings. The van der Waals surface area contributed by atoms with Gasteiger partial charge >= 0.3 is 0 Å². The van der Waals surface area contributed by atoms with E-state index in [0.717, 1.165) is 18.0 Å². The molecule has 0 aromatic heterocycles. The first-order valence-electron chi connectivity index (χ1n) is 7.09. The lowest BCUT2D eigenvalue weighted by Gasteiger charge is -2.13. The van der Waals surface area contributed by atoms with Gasteiger partial charge in [0.1, 0.15) is 18.5 Å². The molecule has 0 saturated heterocycles. The predicted octanol–water partition coefficient (Wildman–Crippen LogP) is 2.81. The van der Waals surface area contributed by atoms with Crippen LogP contribution in [0.4, 0.5) is 0 Å². The van der Waals surface area contributed by atoms with Crippen LogP contribution >= 0.6 is 11.8 Å². The van der Waals surface area contributed by atoms with Crippen LogP contribution in [0.25, 0.3) is 0 Å². The van der Waals surface area contributed by atoms with Gasteiger partial charge in [0.15, 0.2) is 0 Å². The van der Waals surface area contributed by atoms with Gasteiger partial charge in [0.2, 0.25) is 0 Å². The summed E-state index contributed by atoms with van der Waals surface area (Å²) in [5, 5.41) is 13.1. The van der Waals surface area contributed by atoms with Gasteiger partial charge in [-0.3, -0.25) is 0 Å². The van der Waals surface area contributed by atoms with Gasteiger partial charge in [-0.15, -0.1) is 11.8 Å². The Balaban J connectivity index is 1.52. The van der Waals surface area contributed by atoms with Crippen LogP contribution in [0, 0.1) is 0 Å². The van der Waals surface area contributed by atoms with Gasteiger partial charge in [0.25, 0.3) is 0 Å². The third-order valence-electron chi connectivity index (χ3n) is 2.86. The molecule has 0 bridgehead atoms. The number of hydrogen-bond donors (Lipinski definition) is 2. The molecule has 21 heavy (non-hydrogen) atoms. The molecule has 0 aliphatic carbocycles. The first-order valence-corrected chi connectivity index (χ1v) is 8.07. The topological polar surface area (TPSA) is 41.5 Å². The summed E-state index contributed by atoms with van der Waals surface area (Å²) in [4.78, 5) is 1.27. The molecule has 2 N–H and O–H groups in total. The van der Waals surface area contributed by atoms with Gasteiger partial charge in [-0.1, -0.05) is 36.4 Å². The first-order chi connectivity index (χ1) is 10.3. The summed E-state index contributed by atoms with van der Waals surface area (Å²) in [6.07, 6.45) is -0.494. The fraction of sp³-hybridized carbons (Fsp3) is 0.294. The van der Waals surface area contributed by atoms with Crippen molar-refractivity contribution in [2.75, 3.05) is 25.4 Å². The molecule has 2 aromatic rings. The number of aliphatic hydroxyl groups excluding tert-OH is 1. The lowest BCUT2D eigenvalue weighted by molar-refractivity contribution is 0.107. The molecule has 0 fully saturated rings. The molecule has 3 nitrogen and oxygen atoms in total. The Morgan fingerprint density at radius 3 is 2.38 bits per heavy atom. The van der Waals surface area contributed by atoms with Crippen molar-refractivity contribution in [3.05, 3.63) is 60.7 Å². The van der Waals surface area contributed by atoms with Gasteiger partial charge in [-0.2, -0.15) is 0 Å². The Labute approximate surface area is 130 Å². The second kappa shape index (κ2) is 9.45. The van der Waals surface area contributed by atoms with Gasteiger partial charge in [-0.25, -0.2) is 0 Å². The summed E-state index contributed by atoms with van der Waals surface area (Å²) < 4.78 is 5.50. The zero-order chi connectivity index (χ0) is 14.8. The Morgan fingerprint density at radius 1 is 1.00 bits per heavy atom. The average molecular weight is 303 g/mol. The molecule has 0 amide bonds. The molecule has 112 valence electrons. The van der Waals surface area contributed by atoms with E-state index in [1.54, 1.807) is 11.8 Å². The number of rotatable bonds is 9. The number of thioether (sulfide) groups is 1. The van der Waals surface area contributed by atoms with Crippen LogP contribution in [-0.4, -0.2) is 36.7 Å². The molecular weight excluding hydrogens is 282 g/mol. The predicted molar refractivity (Wildman–Crippen MR) is 88.0 cm³/mol. The Kier molecular flexibility index (Phi) is 7.15. The van der Waals surface area contributed by atoms with Crippen LogP contribution in [0.1, 0.15) is 0 Å². The molecular formula is C17H21NO2S. The fourth-order valence-electron chi connectivity index (χ4n) is 1.79. The Morgan fingerprint density at radius 2 is 1.67 bits per heavy atom. The summed E-state index contributed by atoms with van der Waals surface area (Å²) in [5.74, 6) is 1.77. The summed E-state index contributed by atoms with van der Waals surface area (Å²) in [5.41, 5.74) is 0. The SMILES string of the molecule is O[C@@H](CNCCSc1ccccc1)COc1ccccc1. The van der Waals surface area contributed by atoms with E-state index in [0.29, 0.717) is 13.2 Å². The molecule has 0 unspecified atom stereocenters. The standard InChI is InChI=1S/C17H21NO2S/c19-15(14-20-16-7-3-1-4-8-16)13-18-11-12-21-17-9-5-2-6-10-17/h1-10,15,18-19H,11-14H2/t15-/m0/s1. The van der Waals surface area contributed by atoms with Crippen molar-refractivity contribution in [1.82, 2.24) is 5.32 Å². The maximum absolute atomic E-state index is 9.83. The van der Waals surface area contributed by atoms with Gasteiger partial charge in [0.05, 0.1) is 0 Å². The minimum atomic E-state index is -0.494. The van der Waals surface area contributed by atoms with Crippen LogP contribution < -0.4 is 10.1 Å². The molecule has 2 aromatic carbocycles. The minimum Gasteiger partial charge on any atom is -0.491 e. The molecule has 0 aliphatic heterocycles. The van der Waals surface area contributed by atoms with Crippen molar-refractivity contribution >= 4 is 11.8 Å². The highest BCUT2D eigenvalue weighted by Crippen LogP contribution is 2.15. The monoisotopic (exact) mass is 303 g/mol. The number of nitrogens with one attached hydrogen (secondary N) is 1. The lowest BCUT2D eigenvalue weighted by atomic mass is 10.3. The normalized spacial score (nSPS) is 12.0. The Hall–Kier alpha value is -1.49. The number of hydrogen-bond acceptors (Lipinski definition) is 4. The summed E-state index contributed by atoms with van der Waals surface area (Å²) in [7, 11) is 0. The van der Waals surface area contributed by atoms with Crippen molar-refractivity contribution in [2.45, 2.75) is 11.0 Å². The summed E-state index contributed by atoms with van der Waals surface area (Å²) >= 11 is 1.81. The third-order valence-corrected chi connectivity index (χ3v) is 3.87. The highest BCUT2D eigenvalue weighted by molar-refractivity contribution is 7.99. The van der Waals surface area contributed by atoms with Crippen molar-refractivity contribution < 1.29 is 9.84 Å². The molecule has 0 spiro atoms. The van der Waals surface area contributed by atoms with Crippen molar-refractivity contribution in [3.63, 3.8) is 0 Å². The Bertz CT molecular complexity index is 493. The van der Waals surface area contributed by atoms with E-state index in [9.17, 15) is 5.11 Å². The van der Waals surface area contributed by atoms with E-state index >= 15 is 0 Å². The average Bonchev–Trinajstić information content (AvgIpc) is 2.54. The number of aliphatic hydroxyl groups is 1. The van der Waals surface area contributed by atoms with Gasteiger partial charge < -0.3 is 15.2 Å². The van der Waals surface area contributed by atoms with E-state index < -0.39 is 6.10 Å². The molecule has 1 atom stereocenters. The number of para-hydroxylation sites is 1. The van der Waals surface area contributed by atoms with E-state index in [2.05, 4.69) is 17.4 Å². The second-order valence-electron chi connectivity index (χ2n) is 4.64. The van der Waals surface area contributed by atoms with E-state index in [4.69, 9.17) is 4.74 Å². The van der Waals surface area contributed by atoms with Crippen LogP contribution in [-0.2, 0) is 0 Å².